The third-order valence-corrected chi connectivity index (χ3v) is 1.80. The standard InChI is InChI=1S/C7H14FN2/c1-10-4-6(8)2-3-7(9)5-10/h6-7H,1-5,9H2/q+1/t6?,7-/m0/s1. The van der Waals surface area contributed by atoms with Crippen molar-refractivity contribution in [2.24, 2.45) is 5.73 Å². The molecule has 0 saturated carbocycles. The van der Waals surface area contributed by atoms with Crippen LogP contribution in [0.1, 0.15) is 12.8 Å². The van der Waals surface area contributed by atoms with Crippen molar-refractivity contribution in [3.8, 4) is 0 Å². The van der Waals surface area contributed by atoms with Gasteiger partial charge in [0.15, 0.2) is 19.3 Å². The Hall–Kier alpha value is -0.440. The van der Waals surface area contributed by atoms with E-state index in [9.17, 15) is 4.39 Å². The van der Waals surface area contributed by atoms with E-state index in [2.05, 4.69) is 6.72 Å². The van der Waals surface area contributed by atoms with Crippen LogP contribution in [-0.4, -0.2) is 36.6 Å². The summed E-state index contributed by atoms with van der Waals surface area (Å²) in [5.74, 6) is 0. The average molecular weight is 145 g/mol. The predicted octanol–water partition coefficient (Wildman–Crippen LogP) is 0.159. The Morgan fingerprint density at radius 2 is 2.10 bits per heavy atom. The second kappa shape index (κ2) is 3.10. The van der Waals surface area contributed by atoms with Crippen LogP contribution in [0.3, 0.4) is 0 Å². The molecule has 0 aromatic heterocycles. The summed E-state index contributed by atoms with van der Waals surface area (Å²) in [5, 5.41) is 0. The minimum Gasteiger partial charge on any atom is -0.322 e. The first kappa shape index (κ1) is 7.66. The van der Waals surface area contributed by atoms with Gasteiger partial charge in [-0.1, -0.05) is 0 Å². The maximum atomic E-state index is 12.7. The van der Waals surface area contributed by atoms with E-state index in [0.29, 0.717) is 13.0 Å². The zero-order valence-corrected chi connectivity index (χ0v) is 6.09. The number of halogens is 1. The van der Waals surface area contributed by atoms with Crippen molar-refractivity contribution in [3.63, 3.8) is 0 Å². The fraction of sp³-hybridized carbons (Fsp3) is 0.857. The van der Waals surface area contributed by atoms with Gasteiger partial charge in [0.1, 0.15) is 6.72 Å². The minimum atomic E-state index is -0.731. The topological polar surface area (TPSA) is 29.0 Å². The maximum Gasteiger partial charge on any atom is 0.173 e. The highest BCUT2D eigenvalue weighted by atomic mass is 19.1. The van der Waals surface area contributed by atoms with Crippen molar-refractivity contribution >= 4 is 6.72 Å². The molecule has 0 bridgehead atoms. The van der Waals surface area contributed by atoms with E-state index in [-0.39, 0.29) is 6.04 Å². The first-order chi connectivity index (χ1) is 4.68. The van der Waals surface area contributed by atoms with Crippen molar-refractivity contribution in [2.45, 2.75) is 25.1 Å². The molecule has 0 aliphatic carbocycles. The molecule has 0 radical (unpaired) electrons. The van der Waals surface area contributed by atoms with Crippen LogP contribution in [-0.2, 0) is 0 Å². The molecule has 1 aliphatic heterocycles. The van der Waals surface area contributed by atoms with Crippen LogP contribution in [0.5, 0.6) is 0 Å². The number of nitrogens with zero attached hydrogens (tertiary/aromatic N) is 1. The Labute approximate surface area is 60.5 Å². The molecule has 1 fully saturated rings. The van der Waals surface area contributed by atoms with Gasteiger partial charge in [0.2, 0.25) is 0 Å². The van der Waals surface area contributed by atoms with Gasteiger partial charge >= 0.3 is 0 Å². The molecule has 2 nitrogen and oxygen atoms in total. The van der Waals surface area contributed by atoms with E-state index in [0.717, 1.165) is 13.0 Å². The monoisotopic (exact) mass is 145 g/mol. The maximum absolute atomic E-state index is 12.7. The van der Waals surface area contributed by atoms with Gasteiger partial charge in [0.05, 0.1) is 6.04 Å². The molecule has 3 heteroatoms. The lowest BCUT2D eigenvalue weighted by Gasteiger charge is -2.01. The molecule has 1 heterocycles. The zero-order valence-electron chi connectivity index (χ0n) is 6.09. The van der Waals surface area contributed by atoms with Gasteiger partial charge in [-0.3, -0.25) is 0 Å². The van der Waals surface area contributed by atoms with Crippen LogP contribution in [0.4, 0.5) is 4.39 Å². The van der Waals surface area contributed by atoms with E-state index >= 15 is 0 Å². The molecule has 58 valence electrons. The molecule has 0 amide bonds. The van der Waals surface area contributed by atoms with Crippen molar-refractivity contribution in [2.75, 3.05) is 13.1 Å². The molecule has 1 aliphatic rings. The first-order valence-corrected chi connectivity index (χ1v) is 3.63. The van der Waals surface area contributed by atoms with Gasteiger partial charge in [-0.05, 0) is 12.8 Å². The van der Waals surface area contributed by atoms with Crippen LogP contribution in [0.2, 0.25) is 0 Å². The van der Waals surface area contributed by atoms with E-state index in [1.54, 1.807) is 4.58 Å². The Bertz CT molecular complexity index is 122. The molecule has 0 aromatic carbocycles. The highest BCUT2D eigenvalue weighted by Gasteiger charge is 2.21. The molecular formula is C7H14FN2+. The van der Waals surface area contributed by atoms with Crippen LogP contribution < -0.4 is 5.73 Å². The van der Waals surface area contributed by atoms with Crippen LogP contribution >= 0.6 is 0 Å². The van der Waals surface area contributed by atoms with E-state index in [4.69, 9.17) is 5.73 Å². The molecular weight excluding hydrogens is 131 g/mol. The van der Waals surface area contributed by atoms with Gasteiger partial charge in [-0.15, -0.1) is 0 Å². The van der Waals surface area contributed by atoms with Gasteiger partial charge in [-0.25, -0.2) is 8.97 Å². The summed E-state index contributed by atoms with van der Waals surface area (Å²) < 4.78 is 14.4. The van der Waals surface area contributed by atoms with E-state index in [1.807, 2.05) is 0 Å². The fourth-order valence-electron chi connectivity index (χ4n) is 1.26. The second-order valence-corrected chi connectivity index (χ2v) is 2.97. The van der Waals surface area contributed by atoms with Crippen molar-refractivity contribution in [1.29, 1.82) is 0 Å². The van der Waals surface area contributed by atoms with Gasteiger partial charge in [-0.2, -0.15) is 0 Å². The van der Waals surface area contributed by atoms with Gasteiger partial charge in [0.25, 0.3) is 0 Å². The summed E-state index contributed by atoms with van der Waals surface area (Å²) in [6, 6.07) is 0.109. The average Bonchev–Trinajstić information content (AvgIpc) is 1.93. The molecule has 2 N–H and O–H groups in total. The predicted molar refractivity (Wildman–Crippen MR) is 39.2 cm³/mol. The Morgan fingerprint density at radius 3 is 2.80 bits per heavy atom. The van der Waals surface area contributed by atoms with Crippen LogP contribution in [0.25, 0.3) is 0 Å². The highest BCUT2D eigenvalue weighted by Crippen LogP contribution is 2.08. The summed E-state index contributed by atoms with van der Waals surface area (Å²) in [6.45, 7) is 4.83. The quantitative estimate of drug-likeness (QED) is 0.483. The van der Waals surface area contributed by atoms with Crippen molar-refractivity contribution in [1.82, 2.24) is 0 Å². The second-order valence-electron chi connectivity index (χ2n) is 2.97. The summed E-state index contributed by atoms with van der Waals surface area (Å²) >= 11 is 0. The number of nitrogens with two attached hydrogens (primary N) is 1. The van der Waals surface area contributed by atoms with E-state index < -0.39 is 6.17 Å². The van der Waals surface area contributed by atoms with Gasteiger partial charge in [0, 0.05) is 0 Å². The molecule has 1 unspecified atom stereocenters. The third-order valence-electron chi connectivity index (χ3n) is 1.80. The number of hydrogen-bond donors (Lipinski definition) is 1. The number of hydrogen-bond acceptors (Lipinski definition) is 1. The molecule has 0 spiro atoms. The Kier molecular flexibility index (Phi) is 2.38. The number of alkyl halides is 1. The van der Waals surface area contributed by atoms with Crippen molar-refractivity contribution in [3.05, 3.63) is 0 Å². The Morgan fingerprint density at radius 1 is 1.40 bits per heavy atom. The Balaban J connectivity index is 2.46. The molecule has 0 aromatic rings. The molecule has 1 saturated heterocycles. The zero-order chi connectivity index (χ0) is 7.56. The first-order valence-electron chi connectivity index (χ1n) is 3.63. The fourth-order valence-corrected chi connectivity index (χ4v) is 1.26. The van der Waals surface area contributed by atoms with Gasteiger partial charge < -0.3 is 5.73 Å². The number of rotatable bonds is 0. The van der Waals surface area contributed by atoms with Crippen molar-refractivity contribution < 1.29 is 8.97 Å². The van der Waals surface area contributed by atoms with E-state index in [1.165, 1.54) is 0 Å². The SMILES string of the molecule is C=[N+]1CC(F)CC[C@H](N)C1. The summed E-state index contributed by atoms with van der Waals surface area (Å²) in [4.78, 5) is 0. The van der Waals surface area contributed by atoms with Crippen LogP contribution in [0.15, 0.2) is 0 Å². The van der Waals surface area contributed by atoms with Crippen LogP contribution in [0, 0.1) is 0 Å². The smallest absolute Gasteiger partial charge is 0.173 e. The minimum absolute atomic E-state index is 0.109. The largest absolute Gasteiger partial charge is 0.322 e. The molecule has 1 rings (SSSR count). The summed E-state index contributed by atoms with van der Waals surface area (Å²) in [7, 11) is 0. The lowest BCUT2D eigenvalue weighted by molar-refractivity contribution is -0.524. The highest BCUT2D eigenvalue weighted by molar-refractivity contribution is 5.14. The molecule has 10 heavy (non-hydrogen) atoms. The summed E-state index contributed by atoms with van der Waals surface area (Å²) in [6.07, 6.45) is 0.645. The normalized spacial score (nSPS) is 35.6. The molecule has 2 atom stereocenters. The lowest BCUT2D eigenvalue weighted by Crippen LogP contribution is -2.29. The lowest BCUT2D eigenvalue weighted by atomic mass is 10.1. The summed E-state index contributed by atoms with van der Waals surface area (Å²) in [5.41, 5.74) is 5.64. The third kappa shape index (κ3) is 2.06.